The van der Waals surface area contributed by atoms with Crippen molar-refractivity contribution in [3.8, 4) is 0 Å². The highest BCUT2D eigenvalue weighted by Gasteiger charge is 2.24. The van der Waals surface area contributed by atoms with Gasteiger partial charge in [0.1, 0.15) is 5.01 Å². The van der Waals surface area contributed by atoms with Crippen LogP contribution in [0.5, 0.6) is 0 Å². The van der Waals surface area contributed by atoms with Crippen molar-refractivity contribution in [1.82, 2.24) is 4.98 Å². The molecule has 0 bridgehead atoms. The van der Waals surface area contributed by atoms with E-state index in [9.17, 15) is 0 Å². The molecule has 1 unspecified atom stereocenters. The minimum absolute atomic E-state index is 0.123. The summed E-state index contributed by atoms with van der Waals surface area (Å²) in [7, 11) is 0. The molecule has 5 N–H and O–H groups in total. The molecule has 0 saturated carbocycles. The maximum Gasteiger partial charge on any atom is 0.116 e. The fourth-order valence-electron chi connectivity index (χ4n) is 1.25. The van der Waals surface area contributed by atoms with E-state index in [2.05, 4.69) is 4.98 Å². The Morgan fingerprint density at radius 1 is 1.53 bits per heavy atom. The molecule has 0 radical (unpaired) electrons. The van der Waals surface area contributed by atoms with Gasteiger partial charge in [-0.2, -0.15) is 0 Å². The summed E-state index contributed by atoms with van der Waals surface area (Å²) < 4.78 is 0.995. The largest absolute Gasteiger partial charge is 0.399 e. The van der Waals surface area contributed by atoms with Crippen LogP contribution in [-0.4, -0.2) is 16.7 Å². The van der Waals surface area contributed by atoms with Crippen molar-refractivity contribution in [2.24, 2.45) is 5.73 Å². The molecule has 5 heteroatoms. The highest BCUT2D eigenvalue weighted by Crippen LogP contribution is 2.29. The lowest BCUT2D eigenvalue weighted by atomic mass is 10.1. The van der Waals surface area contributed by atoms with Gasteiger partial charge in [-0.05, 0) is 25.1 Å². The number of nitrogens with zero attached hydrogens (tertiary/aromatic N) is 1. The quantitative estimate of drug-likeness (QED) is 0.664. The van der Waals surface area contributed by atoms with Crippen molar-refractivity contribution >= 4 is 27.2 Å². The zero-order valence-electron chi connectivity index (χ0n) is 8.40. The van der Waals surface area contributed by atoms with Gasteiger partial charge in [0.2, 0.25) is 0 Å². The normalized spacial score (nSPS) is 15.4. The van der Waals surface area contributed by atoms with Crippen molar-refractivity contribution in [3.05, 3.63) is 23.2 Å². The highest BCUT2D eigenvalue weighted by molar-refractivity contribution is 7.18. The number of aromatic nitrogens is 1. The van der Waals surface area contributed by atoms with Crippen LogP contribution < -0.4 is 11.5 Å². The molecule has 0 aliphatic rings. The Labute approximate surface area is 91.5 Å². The van der Waals surface area contributed by atoms with Gasteiger partial charge >= 0.3 is 0 Å². The summed E-state index contributed by atoms with van der Waals surface area (Å²) in [6.07, 6.45) is 0. The minimum Gasteiger partial charge on any atom is -0.399 e. The van der Waals surface area contributed by atoms with Gasteiger partial charge in [0.15, 0.2) is 0 Å². The van der Waals surface area contributed by atoms with Crippen LogP contribution in [0.1, 0.15) is 11.9 Å². The number of rotatable bonds is 2. The Morgan fingerprint density at radius 2 is 2.27 bits per heavy atom. The standard InChI is InChI=1S/C10H13N3OS/c1-10(12,5-14)9-13-7-3-2-6(11)4-8(7)15-9/h2-4,14H,5,11-12H2,1H3. The average Bonchev–Trinajstić information content (AvgIpc) is 2.61. The number of anilines is 1. The monoisotopic (exact) mass is 223 g/mol. The Bertz CT molecular complexity index is 492. The van der Waals surface area contributed by atoms with Crippen molar-refractivity contribution in [2.75, 3.05) is 12.3 Å². The van der Waals surface area contributed by atoms with Crippen LogP contribution in [0.25, 0.3) is 10.2 Å². The lowest BCUT2D eigenvalue weighted by molar-refractivity contribution is 0.210. The average molecular weight is 223 g/mol. The molecule has 0 saturated heterocycles. The third-order valence-electron chi connectivity index (χ3n) is 2.23. The van der Waals surface area contributed by atoms with Gasteiger partial charge in [-0.1, -0.05) is 0 Å². The smallest absolute Gasteiger partial charge is 0.116 e. The summed E-state index contributed by atoms with van der Waals surface area (Å²) in [5.74, 6) is 0. The molecule has 1 aromatic heterocycles. The molecule has 15 heavy (non-hydrogen) atoms. The topological polar surface area (TPSA) is 85.2 Å². The SMILES string of the molecule is CC(N)(CO)c1nc2ccc(N)cc2s1. The lowest BCUT2D eigenvalue weighted by Gasteiger charge is -2.17. The fraction of sp³-hybridized carbons (Fsp3) is 0.300. The molecule has 80 valence electrons. The first-order valence-corrected chi connectivity index (χ1v) is 5.41. The maximum absolute atomic E-state index is 9.14. The number of fused-ring (bicyclic) bond motifs is 1. The fourth-order valence-corrected chi connectivity index (χ4v) is 2.32. The molecule has 0 aliphatic heterocycles. The number of thiazole rings is 1. The molecule has 1 atom stereocenters. The first-order valence-electron chi connectivity index (χ1n) is 4.59. The van der Waals surface area contributed by atoms with Crippen LogP contribution in [0.3, 0.4) is 0 Å². The summed E-state index contributed by atoms with van der Waals surface area (Å²) in [6, 6.07) is 5.53. The van der Waals surface area contributed by atoms with Crippen LogP contribution in [-0.2, 0) is 5.54 Å². The number of hydrogen-bond acceptors (Lipinski definition) is 5. The number of aliphatic hydroxyl groups excluding tert-OH is 1. The Balaban J connectivity index is 2.56. The second-order valence-corrected chi connectivity index (χ2v) is 4.85. The summed E-state index contributed by atoms with van der Waals surface area (Å²) in [6.45, 7) is 1.64. The van der Waals surface area contributed by atoms with Crippen LogP contribution in [0.4, 0.5) is 5.69 Å². The van der Waals surface area contributed by atoms with Crippen molar-refractivity contribution < 1.29 is 5.11 Å². The van der Waals surface area contributed by atoms with E-state index in [1.54, 1.807) is 13.0 Å². The van der Waals surface area contributed by atoms with Crippen molar-refractivity contribution in [3.63, 3.8) is 0 Å². The van der Waals surface area contributed by atoms with Gasteiger partial charge in [-0.25, -0.2) is 4.98 Å². The highest BCUT2D eigenvalue weighted by atomic mass is 32.1. The molecule has 2 aromatic rings. The molecule has 2 rings (SSSR count). The van der Waals surface area contributed by atoms with Gasteiger partial charge in [0.25, 0.3) is 0 Å². The van der Waals surface area contributed by atoms with Gasteiger partial charge < -0.3 is 16.6 Å². The Hall–Kier alpha value is -1.17. The van der Waals surface area contributed by atoms with E-state index in [0.29, 0.717) is 5.69 Å². The molecular weight excluding hydrogens is 210 g/mol. The third kappa shape index (κ3) is 1.81. The predicted octanol–water partition coefficient (Wildman–Crippen LogP) is 1.04. The summed E-state index contributed by atoms with van der Waals surface area (Å²) >= 11 is 1.47. The summed E-state index contributed by atoms with van der Waals surface area (Å²) in [5.41, 5.74) is 12.4. The van der Waals surface area contributed by atoms with Crippen molar-refractivity contribution in [1.29, 1.82) is 0 Å². The number of aliphatic hydroxyl groups is 1. The number of nitrogens with two attached hydrogens (primary N) is 2. The van der Waals surface area contributed by atoms with Crippen LogP contribution in [0, 0.1) is 0 Å². The van der Waals surface area contributed by atoms with Crippen molar-refractivity contribution in [2.45, 2.75) is 12.5 Å². The number of benzene rings is 1. The van der Waals surface area contributed by atoms with Gasteiger partial charge in [0.05, 0.1) is 22.4 Å². The molecule has 1 aromatic carbocycles. The first-order chi connectivity index (χ1) is 7.03. The van der Waals surface area contributed by atoms with E-state index in [1.165, 1.54) is 11.3 Å². The molecule has 0 aliphatic carbocycles. The number of hydrogen-bond donors (Lipinski definition) is 3. The molecule has 0 spiro atoms. The molecule has 0 fully saturated rings. The third-order valence-corrected chi connectivity index (χ3v) is 3.53. The second kappa shape index (κ2) is 3.44. The molecular formula is C10H13N3OS. The van der Waals surface area contributed by atoms with E-state index in [0.717, 1.165) is 15.2 Å². The zero-order chi connectivity index (χ0) is 11.1. The van der Waals surface area contributed by atoms with Gasteiger partial charge in [-0.15, -0.1) is 11.3 Å². The van der Waals surface area contributed by atoms with E-state index >= 15 is 0 Å². The molecule has 4 nitrogen and oxygen atoms in total. The minimum atomic E-state index is -0.779. The Kier molecular flexibility index (Phi) is 2.38. The predicted molar refractivity (Wildman–Crippen MR) is 62.7 cm³/mol. The number of nitrogen functional groups attached to an aromatic ring is 1. The van der Waals surface area contributed by atoms with E-state index in [1.807, 2.05) is 12.1 Å². The summed E-state index contributed by atoms with van der Waals surface area (Å²) in [4.78, 5) is 4.37. The Morgan fingerprint density at radius 3 is 2.93 bits per heavy atom. The van der Waals surface area contributed by atoms with E-state index < -0.39 is 5.54 Å². The first kappa shape index (κ1) is 10.4. The van der Waals surface area contributed by atoms with E-state index in [4.69, 9.17) is 16.6 Å². The maximum atomic E-state index is 9.14. The summed E-state index contributed by atoms with van der Waals surface area (Å²) in [5, 5.41) is 9.87. The second-order valence-electron chi connectivity index (χ2n) is 3.82. The van der Waals surface area contributed by atoms with Gasteiger partial charge in [-0.3, -0.25) is 0 Å². The lowest BCUT2D eigenvalue weighted by Crippen LogP contribution is -2.36. The van der Waals surface area contributed by atoms with Crippen LogP contribution in [0.2, 0.25) is 0 Å². The zero-order valence-corrected chi connectivity index (χ0v) is 9.21. The van der Waals surface area contributed by atoms with Crippen LogP contribution >= 0.6 is 11.3 Å². The van der Waals surface area contributed by atoms with E-state index in [-0.39, 0.29) is 6.61 Å². The molecule has 1 heterocycles. The molecule has 0 amide bonds. The van der Waals surface area contributed by atoms with Gasteiger partial charge in [0, 0.05) is 5.69 Å². The van der Waals surface area contributed by atoms with Crippen LogP contribution in [0.15, 0.2) is 18.2 Å².